The van der Waals surface area contributed by atoms with Crippen molar-refractivity contribution in [2.24, 2.45) is 5.73 Å². The largest absolute Gasteiger partial charge is 0.506 e. The summed E-state index contributed by atoms with van der Waals surface area (Å²) in [7, 11) is 1.59. The van der Waals surface area contributed by atoms with E-state index in [1.165, 1.54) is 0 Å². The second-order valence-electron chi connectivity index (χ2n) is 4.28. The van der Waals surface area contributed by atoms with Crippen LogP contribution in [-0.4, -0.2) is 17.8 Å². The van der Waals surface area contributed by atoms with Gasteiger partial charge in [0.1, 0.15) is 11.5 Å². The van der Waals surface area contributed by atoms with Gasteiger partial charge in [-0.2, -0.15) is 0 Å². The van der Waals surface area contributed by atoms with Crippen LogP contribution in [0.5, 0.6) is 11.5 Å². The van der Waals surface area contributed by atoms with Crippen LogP contribution in [0.2, 0.25) is 0 Å². The van der Waals surface area contributed by atoms with E-state index < -0.39 is 0 Å². The molecule has 0 saturated heterocycles. The monoisotopic (exact) mass is 273 g/mol. The second kappa shape index (κ2) is 4.41. The molecule has 0 saturated carbocycles. The Morgan fingerprint density at radius 3 is 2.53 bits per heavy atom. The highest BCUT2D eigenvalue weighted by Gasteiger charge is 2.17. The van der Waals surface area contributed by atoms with Crippen molar-refractivity contribution in [3.63, 3.8) is 0 Å². The molecular formula is C11H16BrNO2. The van der Waals surface area contributed by atoms with Gasteiger partial charge in [-0.3, -0.25) is 0 Å². The van der Waals surface area contributed by atoms with Gasteiger partial charge in [-0.25, -0.2) is 0 Å². The summed E-state index contributed by atoms with van der Waals surface area (Å²) >= 11 is 3.27. The van der Waals surface area contributed by atoms with Crippen LogP contribution < -0.4 is 10.5 Å². The molecule has 4 heteroatoms. The lowest BCUT2D eigenvalue weighted by Crippen LogP contribution is -2.34. The van der Waals surface area contributed by atoms with E-state index in [1.807, 2.05) is 13.8 Å². The Hall–Kier alpha value is -0.740. The molecule has 0 aliphatic heterocycles. The molecule has 0 radical (unpaired) electrons. The van der Waals surface area contributed by atoms with Gasteiger partial charge < -0.3 is 15.6 Å². The molecule has 3 N–H and O–H groups in total. The van der Waals surface area contributed by atoms with Crippen LogP contribution in [0.25, 0.3) is 0 Å². The van der Waals surface area contributed by atoms with Gasteiger partial charge in [0.15, 0.2) is 0 Å². The molecule has 1 aromatic carbocycles. The zero-order valence-electron chi connectivity index (χ0n) is 9.17. The van der Waals surface area contributed by atoms with E-state index in [1.54, 1.807) is 19.2 Å². The first-order valence-corrected chi connectivity index (χ1v) is 5.47. The molecule has 15 heavy (non-hydrogen) atoms. The predicted octanol–water partition coefficient (Wildman–Crippen LogP) is 2.44. The minimum Gasteiger partial charge on any atom is -0.506 e. The van der Waals surface area contributed by atoms with Crippen molar-refractivity contribution in [3.8, 4) is 11.5 Å². The average molecular weight is 274 g/mol. The van der Waals surface area contributed by atoms with Crippen molar-refractivity contribution < 1.29 is 9.84 Å². The highest BCUT2D eigenvalue weighted by atomic mass is 79.9. The number of phenolic OH excluding ortho intramolecular Hbond substituents is 1. The summed E-state index contributed by atoms with van der Waals surface area (Å²) in [5.41, 5.74) is 6.34. The third kappa shape index (κ3) is 3.39. The zero-order valence-corrected chi connectivity index (χ0v) is 10.8. The molecule has 0 heterocycles. The predicted molar refractivity (Wildman–Crippen MR) is 64.3 cm³/mol. The molecule has 1 rings (SSSR count). The fourth-order valence-corrected chi connectivity index (χ4v) is 1.85. The first-order chi connectivity index (χ1) is 6.83. The Labute approximate surface area is 98.4 Å². The Balaban J connectivity index is 3.11. The van der Waals surface area contributed by atoms with Crippen molar-refractivity contribution in [1.82, 2.24) is 0 Å². The summed E-state index contributed by atoms with van der Waals surface area (Å²) in [6, 6.07) is 3.52. The highest BCUT2D eigenvalue weighted by molar-refractivity contribution is 9.10. The van der Waals surface area contributed by atoms with E-state index in [4.69, 9.17) is 10.5 Å². The highest BCUT2D eigenvalue weighted by Crippen LogP contribution is 2.34. The van der Waals surface area contributed by atoms with Crippen LogP contribution in [0.1, 0.15) is 19.4 Å². The molecule has 0 fully saturated rings. The minimum absolute atomic E-state index is 0.231. The van der Waals surface area contributed by atoms with Gasteiger partial charge in [-0.15, -0.1) is 0 Å². The van der Waals surface area contributed by atoms with Gasteiger partial charge in [0, 0.05) is 11.1 Å². The summed E-state index contributed by atoms with van der Waals surface area (Å²) in [6.07, 6.45) is 0.592. The van der Waals surface area contributed by atoms with E-state index in [9.17, 15) is 5.11 Å². The fourth-order valence-electron chi connectivity index (χ4n) is 1.37. The summed E-state index contributed by atoms with van der Waals surface area (Å²) in [5.74, 6) is 0.938. The lowest BCUT2D eigenvalue weighted by Gasteiger charge is -2.20. The fraction of sp³-hybridized carbons (Fsp3) is 0.455. The molecule has 0 amide bonds. The van der Waals surface area contributed by atoms with Crippen LogP contribution in [0.15, 0.2) is 16.6 Å². The molecule has 0 atom stereocenters. The van der Waals surface area contributed by atoms with Gasteiger partial charge >= 0.3 is 0 Å². The maximum Gasteiger partial charge on any atom is 0.133 e. The molecular weight excluding hydrogens is 258 g/mol. The Morgan fingerprint density at radius 1 is 1.47 bits per heavy atom. The summed E-state index contributed by atoms with van der Waals surface area (Å²) < 4.78 is 5.75. The van der Waals surface area contributed by atoms with Gasteiger partial charge in [0.2, 0.25) is 0 Å². The number of nitrogens with two attached hydrogens (primary N) is 1. The number of aromatic hydroxyl groups is 1. The van der Waals surface area contributed by atoms with E-state index in [-0.39, 0.29) is 11.3 Å². The summed E-state index contributed by atoms with van der Waals surface area (Å²) in [4.78, 5) is 0. The molecule has 0 spiro atoms. The third-order valence-corrected chi connectivity index (χ3v) is 2.60. The van der Waals surface area contributed by atoms with Gasteiger partial charge in [0.05, 0.1) is 11.6 Å². The molecule has 0 aromatic heterocycles. The number of methoxy groups -OCH3 is 1. The zero-order chi connectivity index (χ0) is 11.6. The van der Waals surface area contributed by atoms with Gasteiger partial charge in [-0.1, -0.05) is 0 Å². The molecule has 0 bridgehead atoms. The number of ether oxygens (including phenoxy) is 1. The lowest BCUT2D eigenvalue weighted by molar-refractivity contribution is 0.407. The normalized spacial score (nSPS) is 11.5. The van der Waals surface area contributed by atoms with Crippen LogP contribution >= 0.6 is 15.9 Å². The summed E-state index contributed by atoms with van der Waals surface area (Å²) in [5, 5.41) is 9.82. The molecule has 1 aromatic rings. The lowest BCUT2D eigenvalue weighted by atomic mass is 9.95. The average Bonchev–Trinajstić information content (AvgIpc) is 2.10. The molecule has 3 nitrogen and oxygen atoms in total. The standard InChI is InChI=1S/C11H16BrNO2/c1-11(2,13)6-7-4-8(15-3)5-9(12)10(7)14/h4-5,14H,6,13H2,1-3H3. The topological polar surface area (TPSA) is 55.5 Å². The first kappa shape index (κ1) is 12.3. The Bertz CT molecular complexity index is 358. The maximum absolute atomic E-state index is 9.82. The SMILES string of the molecule is COc1cc(Br)c(O)c(CC(C)(C)N)c1. The van der Waals surface area contributed by atoms with E-state index in [2.05, 4.69) is 15.9 Å². The third-order valence-electron chi connectivity index (χ3n) is 2.00. The van der Waals surface area contributed by atoms with Crippen molar-refractivity contribution in [1.29, 1.82) is 0 Å². The van der Waals surface area contributed by atoms with Crippen molar-refractivity contribution in [2.45, 2.75) is 25.8 Å². The molecule has 0 aliphatic carbocycles. The second-order valence-corrected chi connectivity index (χ2v) is 5.14. The van der Waals surface area contributed by atoms with Crippen LogP contribution in [0, 0.1) is 0 Å². The number of hydrogen-bond acceptors (Lipinski definition) is 3. The smallest absolute Gasteiger partial charge is 0.133 e. The van der Waals surface area contributed by atoms with Crippen LogP contribution in [-0.2, 0) is 6.42 Å². The van der Waals surface area contributed by atoms with Crippen LogP contribution in [0.4, 0.5) is 0 Å². The summed E-state index contributed by atoms with van der Waals surface area (Å²) in [6.45, 7) is 3.83. The number of benzene rings is 1. The number of phenols is 1. The number of hydrogen-bond donors (Lipinski definition) is 2. The van der Waals surface area contributed by atoms with Gasteiger partial charge in [0.25, 0.3) is 0 Å². The molecule has 0 aliphatic rings. The molecule has 0 unspecified atom stereocenters. The van der Waals surface area contributed by atoms with E-state index in [0.717, 1.165) is 5.56 Å². The van der Waals surface area contributed by atoms with E-state index in [0.29, 0.717) is 16.6 Å². The minimum atomic E-state index is -0.358. The maximum atomic E-state index is 9.82. The van der Waals surface area contributed by atoms with Crippen molar-refractivity contribution in [2.75, 3.05) is 7.11 Å². The molecule has 84 valence electrons. The van der Waals surface area contributed by atoms with Crippen molar-refractivity contribution >= 4 is 15.9 Å². The van der Waals surface area contributed by atoms with Crippen LogP contribution in [0.3, 0.4) is 0 Å². The number of halogens is 1. The Kier molecular flexibility index (Phi) is 3.62. The quantitative estimate of drug-likeness (QED) is 0.890. The van der Waals surface area contributed by atoms with Crippen molar-refractivity contribution in [3.05, 3.63) is 22.2 Å². The Morgan fingerprint density at radius 2 is 2.07 bits per heavy atom. The van der Waals surface area contributed by atoms with E-state index >= 15 is 0 Å². The van der Waals surface area contributed by atoms with Gasteiger partial charge in [-0.05, 0) is 48.3 Å². The first-order valence-electron chi connectivity index (χ1n) is 4.68. The number of rotatable bonds is 3.